The van der Waals surface area contributed by atoms with Crippen molar-refractivity contribution in [2.75, 3.05) is 36.9 Å². The largest absolute Gasteiger partial charge is 0.393 e. The number of nitro benzene ring substituents is 1. The van der Waals surface area contributed by atoms with Crippen LogP contribution >= 0.6 is 0 Å². The van der Waals surface area contributed by atoms with Crippen molar-refractivity contribution in [3.8, 4) is 0 Å². The molecule has 1 fully saturated rings. The van der Waals surface area contributed by atoms with Crippen molar-refractivity contribution in [3.63, 3.8) is 0 Å². The molecule has 0 atom stereocenters. The average molecular weight is 237 g/mol. The Morgan fingerprint density at radius 3 is 2.88 bits per heavy atom. The fourth-order valence-corrected chi connectivity index (χ4v) is 1.91. The Labute approximate surface area is 99.1 Å². The summed E-state index contributed by atoms with van der Waals surface area (Å²) in [6.07, 6.45) is 0.955. The molecule has 0 bridgehead atoms. The molecule has 17 heavy (non-hydrogen) atoms. The third-order valence-corrected chi connectivity index (χ3v) is 2.80. The Kier molecular flexibility index (Phi) is 3.43. The van der Waals surface area contributed by atoms with Crippen molar-refractivity contribution in [2.45, 2.75) is 6.42 Å². The van der Waals surface area contributed by atoms with Crippen molar-refractivity contribution in [3.05, 3.63) is 28.3 Å². The molecule has 0 spiro atoms. The number of nitro groups is 1. The summed E-state index contributed by atoms with van der Waals surface area (Å²) in [7, 11) is 0. The number of anilines is 2. The predicted molar refractivity (Wildman–Crippen MR) is 65.2 cm³/mol. The van der Waals surface area contributed by atoms with Gasteiger partial charge < -0.3 is 15.4 Å². The van der Waals surface area contributed by atoms with Gasteiger partial charge in [-0.25, -0.2) is 0 Å². The standard InChI is InChI=1S/C11H15N3O3/c12-10-8-9(2-3-11(10)14(15)16)13-4-1-6-17-7-5-13/h2-3,8H,1,4-7,12H2. The number of nitrogens with zero attached hydrogens (tertiary/aromatic N) is 2. The first-order valence-electron chi connectivity index (χ1n) is 5.55. The summed E-state index contributed by atoms with van der Waals surface area (Å²) >= 11 is 0. The molecule has 0 amide bonds. The van der Waals surface area contributed by atoms with E-state index in [0.29, 0.717) is 6.61 Å². The topological polar surface area (TPSA) is 81.6 Å². The fraction of sp³-hybridized carbons (Fsp3) is 0.455. The van der Waals surface area contributed by atoms with Crippen LogP contribution in [0.3, 0.4) is 0 Å². The highest BCUT2D eigenvalue weighted by molar-refractivity contribution is 5.66. The summed E-state index contributed by atoms with van der Waals surface area (Å²) in [6.45, 7) is 3.12. The number of hydrogen-bond acceptors (Lipinski definition) is 5. The maximum Gasteiger partial charge on any atom is 0.292 e. The molecule has 0 radical (unpaired) electrons. The van der Waals surface area contributed by atoms with Crippen LogP contribution in [-0.2, 0) is 4.74 Å². The van der Waals surface area contributed by atoms with E-state index in [1.165, 1.54) is 6.07 Å². The van der Waals surface area contributed by atoms with Crippen LogP contribution in [-0.4, -0.2) is 31.2 Å². The fourth-order valence-electron chi connectivity index (χ4n) is 1.91. The third-order valence-electron chi connectivity index (χ3n) is 2.80. The van der Waals surface area contributed by atoms with Crippen LogP contribution in [0.5, 0.6) is 0 Å². The molecule has 1 saturated heterocycles. The summed E-state index contributed by atoms with van der Waals surface area (Å²) in [5, 5.41) is 10.7. The van der Waals surface area contributed by atoms with E-state index in [1.807, 2.05) is 0 Å². The second-order valence-electron chi connectivity index (χ2n) is 3.95. The smallest absolute Gasteiger partial charge is 0.292 e. The van der Waals surface area contributed by atoms with Crippen molar-refractivity contribution < 1.29 is 9.66 Å². The zero-order chi connectivity index (χ0) is 12.3. The highest BCUT2D eigenvalue weighted by Crippen LogP contribution is 2.27. The van der Waals surface area contributed by atoms with Crippen molar-refractivity contribution >= 4 is 17.1 Å². The first kappa shape index (κ1) is 11.7. The molecule has 1 aliphatic heterocycles. The van der Waals surface area contributed by atoms with Gasteiger partial charge in [0, 0.05) is 31.5 Å². The predicted octanol–water partition coefficient (Wildman–Crippen LogP) is 1.40. The van der Waals surface area contributed by atoms with Gasteiger partial charge in [-0.1, -0.05) is 0 Å². The van der Waals surface area contributed by atoms with Gasteiger partial charge in [0.1, 0.15) is 5.69 Å². The summed E-state index contributed by atoms with van der Waals surface area (Å²) in [4.78, 5) is 12.3. The molecule has 6 nitrogen and oxygen atoms in total. The number of rotatable bonds is 2. The van der Waals surface area contributed by atoms with Gasteiger partial charge in [-0.3, -0.25) is 10.1 Å². The van der Waals surface area contributed by atoms with Crippen LogP contribution < -0.4 is 10.6 Å². The summed E-state index contributed by atoms with van der Waals surface area (Å²) < 4.78 is 5.36. The minimum absolute atomic E-state index is 0.0418. The molecular weight excluding hydrogens is 222 g/mol. The minimum Gasteiger partial charge on any atom is -0.393 e. The van der Waals surface area contributed by atoms with E-state index in [1.54, 1.807) is 12.1 Å². The van der Waals surface area contributed by atoms with E-state index in [9.17, 15) is 10.1 Å². The van der Waals surface area contributed by atoms with Gasteiger partial charge in [0.05, 0.1) is 11.5 Å². The van der Waals surface area contributed by atoms with Crippen molar-refractivity contribution in [1.82, 2.24) is 0 Å². The van der Waals surface area contributed by atoms with Gasteiger partial charge in [-0.2, -0.15) is 0 Å². The van der Waals surface area contributed by atoms with Crippen molar-refractivity contribution in [1.29, 1.82) is 0 Å². The molecule has 2 rings (SSSR count). The van der Waals surface area contributed by atoms with Gasteiger partial charge in [0.2, 0.25) is 0 Å². The van der Waals surface area contributed by atoms with Crippen LogP contribution in [0.15, 0.2) is 18.2 Å². The molecule has 0 unspecified atom stereocenters. The van der Waals surface area contributed by atoms with Crippen LogP contribution in [0, 0.1) is 10.1 Å². The Bertz CT molecular complexity index is 414. The van der Waals surface area contributed by atoms with Crippen LogP contribution in [0.25, 0.3) is 0 Å². The lowest BCUT2D eigenvalue weighted by Gasteiger charge is -2.22. The van der Waals surface area contributed by atoms with E-state index >= 15 is 0 Å². The van der Waals surface area contributed by atoms with Crippen LogP contribution in [0.2, 0.25) is 0 Å². The van der Waals surface area contributed by atoms with E-state index < -0.39 is 4.92 Å². The van der Waals surface area contributed by atoms with Gasteiger partial charge >= 0.3 is 0 Å². The highest BCUT2D eigenvalue weighted by atomic mass is 16.6. The Balaban J connectivity index is 2.21. The average Bonchev–Trinajstić information content (AvgIpc) is 2.56. The number of nitrogens with two attached hydrogens (primary N) is 1. The SMILES string of the molecule is Nc1cc(N2CCCOCC2)ccc1[N+](=O)[O-]. The van der Waals surface area contributed by atoms with Crippen LogP contribution in [0.4, 0.5) is 17.1 Å². The van der Waals surface area contributed by atoms with Crippen molar-refractivity contribution in [2.24, 2.45) is 0 Å². The van der Waals surface area contributed by atoms with Gasteiger partial charge in [-0.15, -0.1) is 0 Å². The van der Waals surface area contributed by atoms with Gasteiger partial charge in [-0.05, 0) is 18.6 Å². The number of benzene rings is 1. The minimum atomic E-state index is -0.468. The third kappa shape index (κ3) is 2.65. The molecule has 1 aliphatic rings. The number of hydrogen-bond donors (Lipinski definition) is 1. The summed E-state index contributed by atoms with van der Waals surface area (Å²) in [6, 6.07) is 4.85. The molecule has 0 aromatic heterocycles. The van der Waals surface area contributed by atoms with Gasteiger partial charge in [0.15, 0.2) is 0 Å². The normalized spacial score (nSPS) is 16.6. The van der Waals surface area contributed by atoms with Gasteiger partial charge in [0.25, 0.3) is 5.69 Å². The molecule has 1 aromatic rings. The zero-order valence-electron chi connectivity index (χ0n) is 9.46. The van der Waals surface area contributed by atoms with E-state index in [0.717, 1.165) is 31.8 Å². The monoisotopic (exact) mass is 237 g/mol. The Hall–Kier alpha value is -1.82. The van der Waals surface area contributed by atoms with Crippen LogP contribution in [0.1, 0.15) is 6.42 Å². The molecule has 1 aromatic carbocycles. The first-order valence-corrected chi connectivity index (χ1v) is 5.55. The summed E-state index contributed by atoms with van der Waals surface area (Å²) in [5.41, 5.74) is 6.75. The maximum absolute atomic E-state index is 10.7. The van der Waals surface area contributed by atoms with E-state index in [4.69, 9.17) is 10.5 Å². The molecule has 92 valence electrons. The zero-order valence-corrected chi connectivity index (χ0v) is 9.46. The Morgan fingerprint density at radius 2 is 2.18 bits per heavy atom. The number of nitrogen functional groups attached to an aromatic ring is 1. The molecule has 0 aliphatic carbocycles. The summed E-state index contributed by atoms with van der Waals surface area (Å²) in [5.74, 6) is 0. The highest BCUT2D eigenvalue weighted by Gasteiger charge is 2.15. The quantitative estimate of drug-likeness (QED) is 0.477. The molecular formula is C11H15N3O3. The second-order valence-corrected chi connectivity index (χ2v) is 3.95. The lowest BCUT2D eigenvalue weighted by atomic mass is 10.2. The van der Waals surface area contributed by atoms with E-state index in [2.05, 4.69) is 4.90 Å². The maximum atomic E-state index is 10.7. The molecule has 0 saturated carbocycles. The lowest BCUT2D eigenvalue weighted by Crippen LogP contribution is -2.25. The molecule has 6 heteroatoms. The molecule has 1 heterocycles. The Morgan fingerprint density at radius 1 is 1.35 bits per heavy atom. The molecule has 2 N–H and O–H groups in total. The van der Waals surface area contributed by atoms with E-state index in [-0.39, 0.29) is 11.4 Å². The lowest BCUT2D eigenvalue weighted by molar-refractivity contribution is -0.383. The number of ether oxygens (including phenoxy) is 1. The first-order chi connectivity index (χ1) is 8.18. The second kappa shape index (κ2) is 5.01.